The first-order chi connectivity index (χ1) is 10.0. The number of amidine groups is 1. The minimum absolute atomic E-state index is 0.128. The highest BCUT2D eigenvalue weighted by Crippen LogP contribution is 2.17. The summed E-state index contributed by atoms with van der Waals surface area (Å²) in [5.74, 6) is -0.903. The fraction of sp³-hybridized carbons (Fsp3) is 0.357. The molecule has 1 unspecified atom stereocenters. The molecule has 1 atom stereocenters. The highest BCUT2D eigenvalue weighted by molar-refractivity contribution is 6.02. The van der Waals surface area contributed by atoms with Gasteiger partial charge in [0.15, 0.2) is 11.7 Å². The first kappa shape index (κ1) is 15.0. The van der Waals surface area contributed by atoms with E-state index in [1.807, 2.05) is 6.92 Å². The van der Waals surface area contributed by atoms with Crippen molar-refractivity contribution in [1.82, 2.24) is 15.6 Å². The summed E-state index contributed by atoms with van der Waals surface area (Å²) in [6, 6.07) is 5.12. The molecule has 1 aromatic rings. The van der Waals surface area contributed by atoms with Crippen LogP contribution in [0.2, 0.25) is 0 Å². The molecule has 112 valence electrons. The number of aliphatic hydroxyl groups excluding tert-OH is 1. The summed E-state index contributed by atoms with van der Waals surface area (Å²) in [6.45, 7) is 2.43. The summed E-state index contributed by atoms with van der Waals surface area (Å²) >= 11 is 0. The van der Waals surface area contributed by atoms with Crippen molar-refractivity contribution in [3.05, 3.63) is 42.0 Å². The third-order valence-electron chi connectivity index (χ3n) is 2.92. The van der Waals surface area contributed by atoms with Gasteiger partial charge in [-0.3, -0.25) is 9.78 Å². The van der Waals surface area contributed by atoms with E-state index in [4.69, 9.17) is 0 Å². The van der Waals surface area contributed by atoms with Crippen molar-refractivity contribution in [3.63, 3.8) is 0 Å². The number of carbonyl (C=O) groups is 1. The molecule has 2 heterocycles. The Morgan fingerprint density at radius 3 is 2.95 bits per heavy atom. The van der Waals surface area contributed by atoms with Gasteiger partial charge in [0.2, 0.25) is 0 Å². The van der Waals surface area contributed by atoms with E-state index >= 15 is 0 Å². The van der Waals surface area contributed by atoms with Crippen LogP contribution in [0.5, 0.6) is 0 Å². The molecular formula is C14H18N4O3. The van der Waals surface area contributed by atoms with Gasteiger partial charge in [0.25, 0.3) is 11.6 Å². The van der Waals surface area contributed by atoms with E-state index in [1.165, 1.54) is 0 Å². The number of amides is 1. The molecule has 7 nitrogen and oxygen atoms in total. The Balaban J connectivity index is 2.22. The van der Waals surface area contributed by atoms with Crippen LogP contribution in [0.4, 0.5) is 0 Å². The molecule has 1 amide bonds. The van der Waals surface area contributed by atoms with Gasteiger partial charge in [-0.2, -0.15) is 0 Å². The SMILES string of the molecule is CCCCNC(=O)C1(O)C=C(O)NC(c2ccccn2)=N1. The average molecular weight is 290 g/mol. The molecular weight excluding hydrogens is 272 g/mol. The number of aliphatic hydroxyl groups is 2. The third-order valence-corrected chi connectivity index (χ3v) is 2.92. The minimum atomic E-state index is -2.14. The second kappa shape index (κ2) is 6.36. The summed E-state index contributed by atoms with van der Waals surface area (Å²) in [4.78, 5) is 20.1. The fourth-order valence-electron chi connectivity index (χ4n) is 1.83. The zero-order chi connectivity index (χ0) is 15.3. The Morgan fingerprint density at radius 2 is 2.29 bits per heavy atom. The largest absolute Gasteiger partial charge is 0.495 e. The molecule has 0 saturated carbocycles. The van der Waals surface area contributed by atoms with Crippen LogP contribution in [0.25, 0.3) is 0 Å². The lowest BCUT2D eigenvalue weighted by Crippen LogP contribution is -2.49. The number of hydrogen-bond acceptors (Lipinski definition) is 6. The second-order valence-corrected chi connectivity index (χ2v) is 4.67. The molecule has 0 spiro atoms. The number of aliphatic imine (C=N–C) groups is 1. The van der Waals surface area contributed by atoms with Gasteiger partial charge in [-0.15, -0.1) is 0 Å². The maximum Gasteiger partial charge on any atom is 0.279 e. The standard InChI is InChI=1S/C14H18N4O3/c1-2-3-7-16-13(20)14(21)9-11(19)17-12(18-14)10-6-4-5-8-15-10/h4-6,8-9,19,21H,2-3,7H2,1H3,(H,16,20)(H,17,18). The topological polar surface area (TPSA) is 107 Å². The molecule has 1 aromatic heterocycles. The van der Waals surface area contributed by atoms with E-state index in [1.54, 1.807) is 24.4 Å². The summed E-state index contributed by atoms with van der Waals surface area (Å²) in [5, 5.41) is 25.2. The predicted octanol–water partition coefficient (Wildman–Crippen LogP) is 0.436. The Kier molecular flexibility index (Phi) is 4.54. The molecule has 0 radical (unpaired) electrons. The molecule has 21 heavy (non-hydrogen) atoms. The average Bonchev–Trinajstić information content (AvgIpc) is 2.47. The minimum Gasteiger partial charge on any atom is -0.495 e. The molecule has 0 bridgehead atoms. The maximum absolute atomic E-state index is 12.0. The van der Waals surface area contributed by atoms with Gasteiger partial charge in [-0.05, 0) is 18.6 Å². The molecule has 0 saturated heterocycles. The van der Waals surface area contributed by atoms with E-state index in [-0.39, 0.29) is 11.7 Å². The number of aromatic nitrogens is 1. The third kappa shape index (κ3) is 3.57. The fourth-order valence-corrected chi connectivity index (χ4v) is 1.83. The van der Waals surface area contributed by atoms with Gasteiger partial charge >= 0.3 is 0 Å². The van der Waals surface area contributed by atoms with E-state index < -0.39 is 11.6 Å². The van der Waals surface area contributed by atoms with Gasteiger partial charge in [-0.25, -0.2) is 4.99 Å². The summed E-state index contributed by atoms with van der Waals surface area (Å²) in [6.07, 6.45) is 4.23. The molecule has 0 fully saturated rings. The smallest absolute Gasteiger partial charge is 0.279 e. The number of unbranched alkanes of at least 4 members (excludes halogenated alkanes) is 1. The van der Waals surface area contributed by atoms with Crippen LogP contribution in [-0.4, -0.2) is 39.2 Å². The normalized spacial score (nSPS) is 21.0. The lowest BCUT2D eigenvalue weighted by molar-refractivity contribution is -0.134. The van der Waals surface area contributed by atoms with Crippen molar-refractivity contribution in [2.75, 3.05) is 6.54 Å². The van der Waals surface area contributed by atoms with E-state index in [9.17, 15) is 15.0 Å². The summed E-state index contributed by atoms with van der Waals surface area (Å²) in [7, 11) is 0. The van der Waals surface area contributed by atoms with E-state index in [0.717, 1.165) is 18.9 Å². The number of pyridine rings is 1. The van der Waals surface area contributed by atoms with Crippen molar-refractivity contribution in [3.8, 4) is 0 Å². The van der Waals surface area contributed by atoms with E-state index in [2.05, 4.69) is 20.6 Å². The van der Waals surface area contributed by atoms with Crippen molar-refractivity contribution in [2.24, 2.45) is 4.99 Å². The Bertz CT molecular complexity index is 571. The molecule has 1 aliphatic rings. The Morgan fingerprint density at radius 1 is 1.48 bits per heavy atom. The second-order valence-electron chi connectivity index (χ2n) is 4.67. The number of nitrogens with one attached hydrogen (secondary N) is 2. The van der Waals surface area contributed by atoms with Gasteiger partial charge in [-0.1, -0.05) is 19.4 Å². The highest BCUT2D eigenvalue weighted by atomic mass is 16.3. The Hall–Kier alpha value is -2.41. The Labute approximate surface area is 122 Å². The van der Waals surface area contributed by atoms with Gasteiger partial charge in [0, 0.05) is 18.8 Å². The van der Waals surface area contributed by atoms with Gasteiger partial charge in [0.1, 0.15) is 5.69 Å². The van der Waals surface area contributed by atoms with Gasteiger partial charge in [0.05, 0.1) is 0 Å². The van der Waals surface area contributed by atoms with Crippen molar-refractivity contribution in [2.45, 2.75) is 25.5 Å². The van der Waals surface area contributed by atoms with Crippen LogP contribution in [0.15, 0.2) is 41.3 Å². The number of nitrogens with zero attached hydrogens (tertiary/aromatic N) is 2. The number of hydrogen-bond donors (Lipinski definition) is 4. The van der Waals surface area contributed by atoms with Crippen LogP contribution >= 0.6 is 0 Å². The van der Waals surface area contributed by atoms with Crippen LogP contribution in [0.1, 0.15) is 25.5 Å². The van der Waals surface area contributed by atoms with Crippen LogP contribution < -0.4 is 10.6 Å². The highest BCUT2D eigenvalue weighted by Gasteiger charge is 2.37. The molecule has 4 N–H and O–H groups in total. The molecule has 7 heteroatoms. The van der Waals surface area contributed by atoms with Crippen molar-refractivity contribution in [1.29, 1.82) is 0 Å². The maximum atomic E-state index is 12.0. The zero-order valence-electron chi connectivity index (χ0n) is 11.7. The van der Waals surface area contributed by atoms with Crippen LogP contribution in [-0.2, 0) is 4.79 Å². The first-order valence-corrected chi connectivity index (χ1v) is 6.76. The number of carbonyl (C=O) groups excluding carboxylic acids is 1. The van der Waals surface area contributed by atoms with Crippen LogP contribution in [0, 0.1) is 0 Å². The quantitative estimate of drug-likeness (QED) is 0.589. The molecule has 0 aliphatic carbocycles. The van der Waals surface area contributed by atoms with Crippen LogP contribution in [0.3, 0.4) is 0 Å². The molecule has 1 aliphatic heterocycles. The van der Waals surface area contributed by atoms with E-state index in [0.29, 0.717) is 12.2 Å². The first-order valence-electron chi connectivity index (χ1n) is 6.76. The van der Waals surface area contributed by atoms with Crippen molar-refractivity contribution >= 4 is 11.7 Å². The number of rotatable bonds is 5. The van der Waals surface area contributed by atoms with Crippen molar-refractivity contribution < 1.29 is 15.0 Å². The molecule has 2 rings (SSSR count). The summed E-state index contributed by atoms with van der Waals surface area (Å²) in [5.41, 5.74) is -1.73. The zero-order valence-corrected chi connectivity index (χ0v) is 11.7. The monoisotopic (exact) mass is 290 g/mol. The molecule has 0 aromatic carbocycles. The lowest BCUT2D eigenvalue weighted by atomic mass is 10.1. The predicted molar refractivity (Wildman–Crippen MR) is 77.5 cm³/mol. The van der Waals surface area contributed by atoms with Gasteiger partial charge < -0.3 is 20.8 Å². The summed E-state index contributed by atoms with van der Waals surface area (Å²) < 4.78 is 0. The lowest BCUT2D eigenvalue weighted by Gasteiger charge is -2.25.